The van der Waals surface area contributed by atoms with E-state index in [0.29, 0.717) is 0 Å². The minimum atomic E-state index is 0.872. The molecule has 86 valence electrons. The van der Waals surface area contributed by atoms with E-state index < -0.39 is 0 Å². The largest absolute Gasteiger partial charge is 0.314 e. The zero-order chi connectivity index (χ0) is 10.3. The first-order valence-corrected chi connectivity index (χ1v) is 6.85. The van der Waals surface area contributed by atoms with Crippen LogP contribution in [0.4, 0.5) is 0 Å². The Morgan fingerprint density at radius 2 is 1.67 bits per heavy atom. The van der Waals surface area contributed by atoms with E-state index in [1.807, 2.05) is 0 Å². The van der Waals surface area contributed by atoms with Crippen molar-refractivity contribution in [2.75, 3.05) is 6.54 Å². The zero-order valence-corrected chi connectivity index (χ0v) is 9.88. The summed E-state index contributed by atoms with van der Waals surface area (Å²) < 4.78 is 0. The average Bonchev–Trinajstić information content (AvgIpc) is 3.03. The van der Waals surface area contributed by atoms with Crippen molar-refractivity contribution in [3.05, 3.63) is 12.2 Å². The molecular formula is C14H25N. The van der Waals surface area contributed by atoms with Gasteiger partial charge in [0.15, 0.2) is 0 Å². The number of hydrogen-bond donors (Lipinski definition) is 1. The van der Waals surface area contributed by atoms with Gasteiger partial charge in [-0.05, 0) is 44.6 Å². The molecule has 2 aliphatic rings. The number of rotatable bonds is 5. The van der Waals surface area contributed by atoms with Crippen LogP contribution < -0.4 is 5.32 Å². The first-order chi connectivity index (χ1) is 7.45. The lowest BCUT2D eigenvalue weighted by Crippen LogP contribution is -2.16. The van der Waals surface area contributed by atoms with Gasteiger partial charge >= 0.3 is 0 Å². The molecule has 2 rings (SSSR count). The van der Waals surface area contributed by atoms with Crippen LogP contribution in [0.1, 0.15) is 57.8 Å². The van der Waals surface area contributed by atoms with E-state index in [9.17, 15) is 0 Å². The van der Waals surface area contributed by atoms with Crippen molar-refractivity contribution in [1.82, 2.24) is 5.32 Å². The summed E-state index contributed by atoms with van der Waals surface area (Å²) in [6.45, 7) is 1.19. The first kappa shape index (κ1) is 11.2. The van der Waals surface area contributed by atoms with Crippen molar-refractivity contribution >= 4 is 0 Å². The van der Waals surface area contributed by atoms with Gasteiger partial charge in [-0.2, -0.15) is 0 Å². The molecule has 2 fully saturated rings. The Kier molecular flexibility index (Phi) is 4.72. The van der Waals surface area contributed by atoms with Crippen LogP contribution in [0.25, 0.3) is 0 Å². The Morgan fingerprint density at radius 3 is 2.33 bits per heavy atom. The smallest absolute Gasteiger partial charge is 0.00683 e. The first-order valence-electron chi connectivity index (χ1n) is 6.85. The van der Waals surface area contributed by atoms with E-state index >= 15 is 0 Å². The standard InChI is InChI=1S/C14H25N/c1-2-4-8-13(7-3-1)9-5-6-12-15-14-10-11-14/h5,9,13-15H,1-4,6-8,10-12H2/b9-5+. The molecule has 0 atom stereocenters. The van der Waals surface area contributed by atoms with E-state index in [4.69, 9.17) is 0 Å². The molecule has 0 aromatic carbocycles. The van der Waals surface area contributed by atoms with Crippen LogP contribution in [0, 0.1) is 5.92 Å². The molecule has 0 saturated heterocycles. The second kappa shape index (κ2) is 6.32. The summed E-state index contributed by atoms with van der Waals surface area (Å²) in [7, 11) is 0. The summed E-state index contributed by atoms with van der Waals surface area (Å²) >= 11 is 0. The summed E-state index contributed by atoms with van der Waals surface area (Å²) in [4.78, 5) is 0. The molecule has 0 amide bonds. The molecule has 1 nitrogen and oxygen atoms in total. The van der Waals surface area contributed by atoms with Crippen molar-refractivity contribution in [2.45, 2.75) is 63.8 Å². The Labute approximate surface area is 94.3 Å². The topological polar surface area (TPSA) is 12.0 Å². The SMILES string of the molecule is C(=C\C1CCCCCC1)/CCNC1CC1. The van der Waals surface area contributed by atoms with Crippen molar-refractivity contribution in [3.63, 3.8) is 0 Å². The van der Waals surface area contributed by atoms with Gasteiger partial charge in [0.2, 0.25) is 0 Å². The molecule has 0 aromatic heterocycles. The highest BCUT2D eigenvalue weighted by Crippen LogP contribution is 2.23. The van der Waals surface area contributed by atoms with Gasteiger partial charge in [-0.15, -0.1) is 0 Å². The summed E-state index contributed by atoms with van der Waals surface area (Å²) in [6, 6.07) is 0.872. The monoisotopic (exact) mass is 207 g/mol. The van der Waals surface area contributed by atoms with Crippen LogP contribution in [0.2, 0.25) is 0 Å². The van der Waals surface area contributed by atoms with Crippen molar-refractivity contribution in [1.29, 1.82) is 0 Å². The van der Waals surface area contributed by atoms with Crippen LogP contribution >= 0.6 is 0 Å². The second-order valence-corrected chi connectivity index (χ2v) is 5.20. The van der Waals surface area contributed by atoms with E-state index in [-0.39, 0.29) is 0 Å². The molecule has 2 aliphatic carbocycles. The lowest BCUT2D eigenvalue weighted by atomic mass is 10.00. The third-order valence-electron chi connectivity index (χ3n) is 3.63. The Balaban J connectivity index is 1.54. The fraction of sp³-hybridized carbons (Fsp3) is 0.857. The summed E-state index contributed by atoms with van der Waals surface area (Å²) in [6.07, 6.45) is 17.7. The van der Waals surface area contributed by atoms with Crippen LogP contribution in [0.15, 0.2) is 12.2 Å². The Hall–Kier alpha value is -0.300. The van der Waals surface area contributed by atoms with E-state index in [1.54, 1.807) is 0 Å². The second-order valence-electron chi connectivity index (χ2n) is 5.20. The molecule has 0 spiro atoms. The van der Waals surface area contributed by atoms with Gasteiger partial charge in [-0.25, -0.2) is 0 Å². The molecule has 2 saturated carbocycles. The molecule has 0 unspecified atom stereocenters. The fourth-order valence-corrected chi connectivity index (χ4v) is 2.45. The lowest BCUT2D eigenvalue weighted by molar-refractivity contribution is 0.556. The molecule has 0 aromatic rings. The number of hydrogen-bond acceptors (Lipinski definition) is 1. The maximum atomic E-state index is 3.56. The predicted octanol–water partition coefficient (Wildman–Crippen LogP) is 3.66. The minimum Gasteiger partial charge on any atom is -0.314 e. The van der Waals surface area contributed by atoms with Crippen LogP contribution in [0.5, 0.6) is 0 Å². The fourth-order valence-electron chi connectivity index (χ4n) is 2.45. The summed E-state index contributed by atoms with van der Waals surface area (Å²) in [5.74, 6) is 0.897. The zero-order valence-electron chi connectivity index (χ0n) is 9.88. The van der Waals surface area contributed by atoms with Gasteiger partial charge in [0.05, 0.1) is 0 Å². The molecule has 15 heavy (non-hydrogen) atoms. The van der Waals surface area contributed by atoms with E-state index in [0.717, 1.165) is 12.0 Å². The van der Waals surface area contributed by atoms with Gasteiger partial charge in [0, 0.05) is 6.04 Å². The average molecular weight is 207 g/mol. The van der Waals surface area contributed by atoms with Crippen LogP contribution in [-0.4, -0.2) is 12.6 Å². The highest BCUT2D eigenvalue weighted by Gasteiger charge is 2.19. The third-order valence-corrected chi connectivity index (χ3v) is 3.63. The van der Waals surface area contributed by atoms with Gasteiger partial charge in [0.25, 0.3) is 0 Å². The molecule has 1 heteroatoms. The summed E-state index contributed by atoms with van der Waals surface area (Å²) in [5, 5.41) is 3.56. The highest BCUT2D eigenvalue weighted by molar-refractivity contribution is 4.90. The van der Waals surface area contributed by atoms with Crippen LogP contribution in [0.3, 0.4) is 0 Å². The molecule has 1 N–H and O–H groups in total. The van der Waals surface area contributed by atoms with Crippen LogP contribution in [-0.2, 0) is 0 Å². The third kappa shape index (κ3) is 4.83. The minimum absolute atomic E-state index is 0.872. The predicted molar refractivity (Wildman–Crippen MR) is 66.0 cm³/mol. The van der Waals surface area contributed by atoms with Crippen molar-refractivity contribution in [3.8, 4) is 0 Å². The summed E-state index contributed by atoms with van der Waals surface area (Å²) in [5.41, 5.74) is 0. The number of allylic oxidation sites excluding steroid dienone is 1. The highest BCUT2D eigenvalue weighted by atomic mass is 14.9. The number of nitrogens with one attached hydrogen (secondary N) is 1. The maximum Gasteiger partial charge on any atom is 0.00683 e. The Bertz CT molecular complexity index is 186. The van der Waals surface area contributed by atoms with E-state index in [2.05, 4.69) is 17.5 Å². The lowest BCUT2D eigenvalue weighted by Gasteiger charge is -2.07. The molecule has 0 bridgehead atoms. The van der Waals surface area contributed by atoms with Gasteiger partial charge in [-0.1, -0.05) is 37.8 Å². The maximum absolute atomic E-state index is 3.56. The van der Waals surface area contributed by atoms with Crippen molar-refractivity contribution in [2.24, 2.45) is 5.92 Å². The van der Waals surface area contributed by atoms with Gasteiger partial charge in [-0.3, -0.25) is 0 Å². The quantitative estimate of drug-likeness (QED) is 0.412. The molecular weight excluding hydrogens is 182 g/mol. The molecule has 0 aliphatic heterocycles. The van der Waals surface area contributed by atoms with Gasteiger partial charge in [0.1, 0.15) is 0 Å². The molecule has 0 radical (unpaired) electrons. The van der Waals surface area contributed by atoms with Gasteiger partial charge < -0.3 is 5.32 Å². The van der Waals surface area contributed by atoms with E-state index in [1.165, 1.54) is 64.3 Å². The molecule has 0 heterocycles. The van der Waals surface area contributed by atoms with Crippen molar-refractivity contribution < 1.29 is 0 Å². The normalized spacial score (nSPS) is 24.5. The Morgan fingerprint density at radius 1 is 0.933 bits per heavy atom.